The number of aromatic nitrogens is 3. The van der Waals surface area contributed by atoms with Crippen molar-refractivity contribution in [1.29, 1.82) is 0 Å². The maximum absolute atomic E-state index is 6.18. The number of pyridine rings is 1. The van der Waals surface area contributed by atoms with E-state index in [1.807, 2.05) is 31.3 Å². The molecule has 1 saturated carbocycles. The van der Waals surface area contributed by atoms with Crippen LogP contribution in [0.3, 0.4) is 0 Å². The lowest BCUT2D eigenvalue weighted by molar-refractivity contribution is 0.898. The van der Waals surface area contributed by atoms with Crippen LogP contribution >= 0.6 is 11.6 Å². The summed E-state index contributed by atoms with van der Waals surface area (Å²) in [5.41, 5.74) is 1.98. The molecule has 20 heavy (non-hydrogen) atoms. The number of nitrogens with zero attached hydrogens (tertiary/aromatic N) is 3. The summed E-state index contributed by atoms with van der Waals surface area (Å²) < 4.78 is 0. The van der Waals surface area contributed by atoms with E-state index in [0.717, 1.165) is 35.9 Å². The van der Waals surface area contributed by atoms with E-state index in [-0.39, 0.29) is 0 Å². The van der Waals surface area contributed by atoms with Crippen LogP contribution in [-0.2, 0) is 6.42 Å². The summed E-state index contributed by atoms with van der Waals surface area (Å²) in [5.74, 6) is 2.23. The molecule has 1 aliphatic rings. The lowest BCUT2D eigenvalue weighted by Crippen LogP contribution is -2.10. The molecule has 5 heteroatoms. The Kier molecular flexibility index (Phi) is 3.83. The molecule has 0 spiro atoms. The van der Waals surface area contributed by atoms with Crippen molar-refractivity contribution in [2.45, 2.75) is 32.1 Å². The van der Waals surface area contributed by atoms with E-state index in [1.165, 1.54) is 12.8 Å². The second-order valence-electron chi connectivity index (χ2n) is 5.12. The van der Waals surface area contributed by atoms with Crippen LogP contribution in [0.25, 0.3) is 0 Å². The van der Waals surface area contributed by atoms with Gasteiger partial charge in [-0.25, -0.2) is 9.97 Å². The highest BCUT2D eigenvalue weighted by atomic mass is 35.5. The Morgan fingerprint density at radius 3 is 2.85 bits per heavy atom. The zero-order valence-electron chi connectivity index (χ0n) is 11.4. The molecule has 1 aliphatic carbocycles. The Bertz CT molecular complexity index is 596. The zero-order chi connectivity index (χ0) is 13.9. The molecule has 0 aliphatic heterocycles. The fourth-order valence-electron chi connectivity index (χ4n) is 2.06. The van der Waals surface area contributed by atoms with E-state index >= 15 is 0 Å². The van der Waals surface area contributed by atoms with Gasteiger partial charge in [0.2, 0.25) is 0 Å². The van der Waals surface area contributed by atoms with E-state index in [2.05, 4.69) is 20.3 Å². The van der Waals surface area contributed by atoms with Gasteiger partial charge in [0.25, 0.3) is 0 Å². The van der Waals surface area contributed by atoms with Crippen molar-refractivity contribution in [3.05, 3.63) is 46.6 Å². The van der Waals surface area contributed by atoms with E-state index in [4.69, 9.17) is 11.6 Å². The van der Waals surface area contributed by atoms with Gasteiger partial charge in [-0.2, -0.15) is 0 Å². The minimum atomic E-state index is 0.504. The van der Waals surface area contributed by atoms with Gasteiger partial charge in [-0.15, -0.1) is 0 Å². The number of anilines is 1. The predicted molar refractivity (Wildman–Crippen MR) is 80.2 cm³/mol. The number of hydrogen-bond acceptors (Lipinski definition) is 4. The molecule has 0 saturated heterocycles. The van der Waals surface area contributed by atoms with Crippen molar-refractivity contribution in [3.8, 4) is 0 Å². The van der Waals surface area contributed by atoms with Crippen LogP contribution in [0.15, 0.2) is 24.4 Å². The summed E-state index contributed by atoms with van der Waals surface area (Å²) in [6.07, 6.45) is 5.02. The smallest absolute Gasteiger partial charge is 0.137 e. The summed E-state index contributed by atoms with van der Waals surface area (Å²) in [6.45, 7) is 2.73. The Labute approximate surface area is 123 Å². The molecule has 104 valence electrons. The number of nitrogens with one attached hydrogen (secondary N) is 1. The summed E-state index contributed by atoms with van der Waals surface area (Å²) in [7, 11) is 0. The van der Waals surface area contributed by atoms with Crippen LogP contribution in [0.5, 0.6) is 0 Å². The predicted octanol–water partition coefficient (Wildman–Crippen LogP) is 3.37. The van der Waals surface area contributed by atoms with E-state index < -0.39 is 0 Å². The molecule has 2 heterocycles. The monoisotopic (exact) mass is 288 g/mol. The first-order valence-corrected chi connectivity index (χ1v) is 7.29. The molecule has 0 radical (unpaired) electrons. The first-order chi connectivity index (χ1) is 9.74. The van der Waals surface area contributed by atoms with Crippen molar-refractivity contribution in [2.75, 3.05) is 11.9 Å². The molecule has 0 unspecified atom stereocenters. The molecule has 0 aromatic carbocycles. The minimum absolute atomic E-state index is 0.504. The second kappa shape index (κ2) is 5.75. The molecule has 0 bridgehead atoms. The zero-order valence-corrected chi connectivity index (χ0v) is 12.2. The fraction of sp³-hybridized carbons (Fsp3) is 0.400. The standard InChI is InChI=1S/C15H17ClN4/c1-10-13(16)19-15(11-5-6-11)20-14(10)18-9-7-12-4-2-3-8-17-12/h2-4,8,11H,5-7,9H2,1H3,(H,18,19,20). The van der Waals surface area contributed by atoms with E-state index in [9.17, 15) is 0 Å². The van der Waals surface area contributed by atoms with Gasteiger partial charge >= 0.3 is 0 Å². The topological polar surface area (TPSA) is 50.7 Å². The molecule has 0 atom stereocenters. The van der Waals surface area contributed by atoms with Crippen molar-refractivity contribution >= 4 is 17.4 Å². The molecule has 1 N–H and O–H groups in total. The van der Waals surface area contributed by atoms with Gasteiger partial charge in [0.1, 0.15) is 16.8 Å². The highest BCUT2D eigenvalue weighted by molar-refractivity contribution is 6.30. The molecular formula is C15H17ClN4. The van der Waals surface area contributed by atoms with Crippen molar-refractivity contribution < 1.29 is 0 Å². The summed E-state index contributed by atoms with van der Waals surface area (Å²) in [4.78, 5) is 13.3. The van der Waals surface area contributed by atoms with Crippen molar-refractivity contribution in [3.63, 3.8) is 0 Å². The number of rotatable bonds is 5. The molecule has 3 rings (SSSR count). The second-order valence-corrected chi connectivity index (χ2v) is 5.48. The quantitative estimate of drug-likeness (QED) is 0.857. The molecule has 1 fully saturated rings. The van der Waals surface area contributed by atoms with Crippen LogP contribution < -0.4 is 5.32 Å². The molecular weight excluding hydrogens is 272 g/mol. The van der Waals surface area contributed by atoms with Crippen LogP contribution in [0.1, 0.15) is 35.8 Å². The summed E-state index contributed by atoms with van der Waals surface area (Å²) in [5, 5.41) is 3.91. The van der Waals surface area contributed by atoms with Gasteiger partial charge in [-0.3, -0.25) is 4.98 Å². The Morgan fingerprint density at radius 2 is 2.15 bits per heavy atom. The third kappa shape index (κ3) is 3.07. The largest absolute Gasteiger partial charge is 0.369 e. The number of hydrogen-bond donors (Lipinski definition) is 1. The van der Waals surface area contributed by atoms with Crippen LogP contribution in [0, 0.1) is 6.92 Å². The highest BCUT2D eigenvalue weighted by Crippen LogP contribution is 2.39. The van der Waals surface area contributed by atoms with Gasteiger partial charge in [0.15, 0.2) is 0 Å². The summed E-state index contributed by atoms with van der Waals surface area (Å²) >= 11 is 6.18. The SMILES string of the molecule is Cc1c(Cl)nc(C2CC2)nc1NCCc1ccccn1. The molecule has 4 nitrogen and oxygen atoms in total. The maximum atomic E-state index is 6.18. The van der Waals surface area contributed by atoms with E-state index in [1.54, 1.807) is 0 Å². The van der Waals surface area contributed by atoms with E-state index in [0.29, 0.717) is 11.1 Å². The fourth-order valence-corrected chi connectivity index (χ4v) is 2.23. The molecule has 2 aromatic heterocycles. The third-order valence-electron chi connectivity index (χ3n) is 3.45. The molecule has 0 amide bonds. The van der Waals surface area contributed by atoms with Gasteiger partial charge in [-0.05, 0) is 31.9 Å². The summed E-state index contributed by atoms with van der Waals surface area (Å²) in [6, 6.07) is 5.95. The normalized spacial score (nSPS) is 14.3. The van der Waals surface area contributed by atoms with Gasteiger partial charge < -0.3 is 5.32 Å². The number of halogens is 1. The lowest BCUT2D eigenvalue weighted by atomic mass is 10.2. The van der Waals surface area contributed by atoms with Gasteiger partial charge in [0, 0.05) is 36.3 Å². The molecule has 2 aromatic rings. The maximum Gasteiger partial charge on any atom is 0.137 e. The average molecular weight is 289 g/mol. The Morgan fingerprint density at radius 1 is 1.30 bits per heavy atom. The van der Waals surface area contributed by atoms with Gasteiger partial charge in [-0.1, -0.05) is 17.7 Å². The average Bonchev–Trinajstić information content (AvgIpc) is 3.29. The van der Waals surface area contributed by atoms with Crippen LogP contribution in [-0.4, -0.2) is 21.5 Å². The highest BCUT2D eigenvalue weighted by Gasteiger charge is 2.27. The first-order valence-electron chi connectivity index (χ1n) is 6.92. The van der Waals surface area contributed by atoms with Gasteiger partial charge in [0.05, 0.1) is 0 Å². The Hall–Kier alpha value is -1.68. The van der Waals surface area contributed by atoms with Crippen LogP contribution in [0.4, 0.5) is 5.82 Å². The Balaban J connectivity index is 1.67. The first kappa shape index (κ1) is 13.3. The minimum Gasteiger partial charge on any atom is -0.369 e. The van der Waals surface area contributed by atoms with Crippen LogP contribution in [0.2, 0.25) is 5.15 Å². The van der Waals surface area contributed by atoms with Crippen molar-refractivity contribution in [2.24, 2.45) is 0 Å². The van der Waals surface area contributed by atoms with Crippen molar-refractivity contribution in [1.82, 2.24) is 15.0 Å². The lowest BCUT2D eigenvalue weighted by Gasteiger charge is -2.11. The third-order valence-corrected chi connectivity index (χ3v) is 3.81.